The number of aliphatic carboxylic acids is 1. The molecule has 2 aromatic carbocycles. The molecule has 0 bridgehead atoms. The first-order valence-electron chi connectivity index (χ1n) is 18.9. The van der Waals surface area contributed by atoms with Gasteiger partial charge in [-0.3, -0.25) is 28.7 Å². The highest BCUT2D eigenvalue weighted by molar-refractivity contribution is 7.98. The molecule has 0 spiro atoms. The lowest BCUT2D eigenvalue weighted by Crippen LogP contribution is -2.62. The number of phenolic OH excluding ortho intramolecular Hbond substituents is 2. The number of fused-ring (bicyclic) bond motifs is 1. The fourth-order valence-corrected chi connectivity index (χ4v) is 7.25. The number of hydrogen-bond donors (Lipinski definition) is 10. The van der Waals surface area contributed by atoms with E-state index in [0.717, 1.165) is 34.2 Å². The number of aromatic nitrogens is 2. The zero-order valence-corrected chi connectivity index (χ0v) is 33.7. The van der Waals surface area contributed by atoms with Crippen molar-refractivity contribution in [1.29, 1.82) is 0 Å². The van der Waals surface area contributed by atoms with E-state index in [4.69, 9.17) is 4.74 Å². The Morgan fingerprint density at radius 1 is 0.983 bits per heavy atom. The number of urea groups is 1. The Kier molecular flexibility index (Phi) is 15.0. The van der Waals surface area contributed by atoms with E-state index in [1.165, 1.54) is 48.8 Å². The third-order valence-corrected chi connectivity index (χ3v) is 10.8. The van der Waals surface area contributed by atoms with E-state index in [-0.39, 0.29) is 42.9 Å². The Hall–Kier alpha value is -6.32. The van der Waals surface area contributed by atoms with Crippen LogP contribution in [0.1, 0.15) is 42.7 Å². The molecule has 322 valence electrons. The normalized spacial score (nSPS) is 19.7. The summed E-state index contributed by atoms with van der Waals surface area (Å²) in [4.78, 5) is 94.5. The number of benzene rings is 2. The molecule has 0 unspecified atom stereocenters. The van der Waals surface area contributed by atoms with E-state index >= 15 is 0 Å². The first kappa shape index (κ1) is 44.8. The predicted molar refractivity (Wildman–Crippen MR) is 217 cm³/mol. The number of rotatable bonds is 16. The Labute approximate surface area is 347 Å². The van der Waals surface area contributed by atoms with Crippen LogP contribution in [0.15, 0.2) is 76.3 Å². The topological polar surface area (TPSA) is 294 Å². The molecule has 60 heavy (non-hydrogen) atoms. The number of nitrogens with one attached hydrogen (secondary N) is 6. The zero-order valence-electron chi connectivity index (χ0n) is 32.9. The van der Waals surface area contributed by atoms with Gasteiger partial charge in [-0.1, -0.05) is 18.2 Å². The van der Waals surface area contributed by atoms with E-state index in [9.17, 15) is 54.0 Å². The van der Waals surface area contributed by atoms with Gasteiger partial charge in [0, 0.05) is 44.9 Å². The highest BCUT2D eigenvalue weighted by Gasteiger charge is 2.38. The van der Waals surface area contributed by atoms with Crippen LogP contribution in [-0.4, -0.2) is 120 Å². The molecular weight excluding hydrogens is 805 g/mol. The maximum atomic E-state index is 14.0. The maximum absolute atomic E-state index is 14.0. The highest BCUT2D eigenvalue weighted by Crippen LogP contribution is 2.30. The number of carbonyl (C=O) groups excluding carboxylic acids is 4. The number of phenols is 2. The molecule has 20 nitrogen and oxygen atoms in total. The molecule has 3 aromatic rings. The lowest BCUT2D eigenvalue weighted by Gasteiger charge is -2.36. The largest absolute Gasteiger partial charge is 0.508 e. The van der Waals surface area contributed by atoms with Crippen LogP contribution >= 0.6 is 11.8 Å². The molecule has 1 fully saturated rings. The van der Waals surface area contributed by atoms with Gasteiger partial charge in [0.1, 0.15) is 41.5 Å². The van der Waals surface area contributed by atoms with Gasteiger partial charge in [0.15, 0.2) is 0 Å². The van der Waals surface area contributed by atoms with Gasteiger partial charge in [-0.15, -0.1) is 0 Å². The van der Waals surface area contributed by atoms with Gasteiger partial charge >= 0.3 is 17.7 Å². The molecule has 0 saturated carbocycles. The summed E-state index contributed by atoms with van der Waals surface area (Å²) >= 11 is 1.37. The Morgan fingerprint density at radius 3 is 2.42 bits per heavy atom. The zero-order chi connectivity index (χ0) is 43.7. The number of aliphatic hydroxyl groups excluding tert-OH is 1. The predicted octanol–water partition coefficient (Wildman–Crippen LogP) is -0.652. The monoisotopic (exact) mass is 852 g/mol. The van der Waals surface area contributed by atoms with Crippen LogP contribution in [0.5, 0.6) is 11.5 Å². The molecule has 10 N–H and O–H groups in total. The van der Waals surface area contributed by atoms with Crippen molar-refractivity contribution in [3.63, 3.8) is 0 Å². The molecule has 7 atom stereocenters. The van der Waals surface area contributed by atoms with Crippen molar-refractivity contribution in [2.24, 2.45) is 0 Å². The summed E-state index contributed by atoms with van der Waals surface area (Å²) in [5.74, 6) is -3.09. The van der Waals surface area contributed by atoms with E-state index in [0.29, 0.717) is 17.9 Å². The summed E-state index contributed by atoms with van der Waals surface area (Å²) in [5.41, 5.74) is 0.611. The van der Waals surface area contributed by atoms with Gasteiger partial charge < -0.3 is 56.6 Å². The Bertz CT molecular complexity index is 2230. The number of H-pyrrole nitrogens is 1. The van der Waals surface area contributed by atoms with Crippen molar-refractivity contribution in [2.45, 2.75) is 81.7 Å². The SMILES string of the molecule is CSCC[C@H](NC(=O)N[C@@H](Cc1cccc(O)c1)C(=O)O)C(=O)N[C@H](C(=O)N/C=C1\C[C@H](O)[C@@H](n2ccc(=O)[nH]c2=O)O1)[C@H](C)N(C)C(=O)[C@H]1Cc2cc(O)ccc2CN1. The van der Waals surface area contributed by atoms with Crippen LogP contribution < -0.4 is 37.8 Å². The maximum Gasteiger partial charge on any atom is 0.331 e. The molecule has 3 heterocycles. The minimum Gasteiger partial charge on any atom is -0.508 e. The smallest absolute Gasteiger partial charge is 0.331 e. The standard InChI is InChI=1S/C39H48N8O12S/c1-20(46(2)35(54)28-16-23-15-25(49)8-7-22(23)18-40-28)32(34(53)41-19-26-17-30(50)36(59-26)47-11-9-31(51)44-39(47)58)45-33(52)27(10-12-60-3)42-38(57)43-29(37(55)56)14-21-5-4-6-24(48)13-21/h4-9,11,13,15,19-20,27-30,32,36,40,48-50H,10,12,14,16-18H2,1-3H3,(H,41,53)(H,45,52)(H,55,56)(H2,42,43,57)(H,44,51,58)/b26-19+/t20-,27-,28+,29-,30-,32-,36-/m0/s1. The fraction of sp³-hybridized carbons (Fsp3) is 0.410. The first-order valence-corrected chi connectivity index (χ1v) is 20.3. The number of likely N-dealkylation sites (N-methyl/N-ethyl adjacent to an activating group) is 1. The van der Waals surface area contributed by atoms with Crippen molar-refractivity contribution < 1.29 is 49.1 Å². The molecule has 5 amide bonds. The number of aromatic hydroxyl groups is 2. The van der Waals surface area contributed by atoms with Gasteiger partial charge in [-0.25, -0.2) is 14.4 Å². The first-order chi connectivity index (χ1) is 28.5. The van der Waals surface area contributed by atoms with Crippen LogP contribution in [0.4, 0.5) is 4.79 Å². The number of hydrogen-bond acceptors (Lipinski definition) is 13. The Morgan fingerprint density at radius 2 is 1.72 bits per heavy atom. The minimum atomic E-state index is -1.48. The molecule has 0 aliphatic carbocycles. The molecule has 2 aliphatic heterocycles. The van der Waals surface area contributed by atoms with Gasteiger partial charge in [0.2, 0.25) is 23.9 Å². The molecule has 21 heteroatoms. The number of amides is 5. The lowest BCUT2D eigenvalue weighted by atomic mass is 9.94. The van der Waals surface area contributed by atoms with Crippen molar-refractivity contribution in [2.75, 3.05) is 19.1 Å². The number of carboxylic acid groups (broad SMARTS) is 1. The second kappa shape index (κ2) is 20.1. The average molecular weight is 853 g/mol. The van der Waals surface area contributed by atoms with Gasteiger partial charge in [0.25, 0.3) is 5.56 Å². The van der Waals surface area contributed by atoms with Crippen LogP contribution in [0.25, 0.3) is 0 Å². The van der Waals surface area contributed by atoms with Crippen molar-refractivity contribution in [3.05, 3.63) is 104 Å². The number of carbonyl (C=O) groups is 5. The van der Waals surface area contributed by atoms with Crippen LogP contribution in [-0.2, 0) is 43.3 Å². The Balaban J connectivity index is 1.35. The number of nitrogens with zero attached hydrogens (tertiary/aromatic N) is 2. The van der Waals surface area contributed by atoms with E-state index < -0.39 is 83.5 Å². The lowest BCUT2D eigenvalue weighted by molar-refractivity contribution is -0.139. The number of ether oxygens (including phenoxy) is 1. The average Bonchev–Trinajstić information content (AvgIpc) is 3.58. The van der Waals surface area contributed by atoms with Gasteiger partial charge in [0.05, 0.1) is 12.1 Å². The summed E-state index contributed by atoms with van der Waals surface area (Å²) in [6.45, 7) is 1.87. The van der Waals surface area contributed by atoms with Crippen molar-refractivity contribution in [1.82, 2.24) is 41.0 Å². The summed E-state index contributed by atoms with van der Waals surface area (Å²) in [6.07, 6.45) is 1.53. The van der Waals surface area contributed by atoms with Crippen molar-refractivity contribution in [3.8, 4) is 11.5 Å². The number of aliphatic hydroxyl groups is 1. The van der Waals surface area contributed by atoms with Crippen LogP contribution in [0.2, 0.25) is 0 Å². The fourth-order valence-electron chi connectivity index (χ4n) is 6.78. The van der Waals surface area contributed by atoms with E-state index in [2.05, 4.69) is 31.6 Å². The third kappa shape index (κ3) is 11.4. The molecule has 0 radical (unpaired) electrons. The number of thioether (sulfide) groups is 1. The number of carboxylic acids is 1. The van der Waals surface area contributed by atoms with E-state index in [1.807, 2.05) is 0 Å². The van der Waals surface area contributed by atoms with Gasteiger partial charge in [-0.05, 0) is 72.7 Å². The van der Waals surface area contributed by atoms with Gasteiger partial charge in [-0.2, -0.15) is 11.8 Å². The molecule has 1 aromatic heterocycles. The molecule has 1 saturated heterocycles. The summed E-state index contributed by atoms with van der Waals surface area (Å²) in [7, 11) is 1.45. The quantitative estimate of drug-likeness (QED) is 0.0857. The third-order valence-electron chi connectivity index (χ3n) is 10.2. The summed E-state index contributed by atoms with van der Waals surface area (Å²) < 4.78 is 6.70. The van der Waals surface area contributed by atoms with Crippen LogP contribution in [0.3, 0.4) is 0 Å². The molecular formula is C39H48N8O12S. The summed E-state index contributed by atoms with van der Waals surface area (Å²) in [5, 5.41) is 53.6. The second-order valence-electron chi connectivity index (χ2n) is 14.4. The number of aromatic amines is 1. The molecule has 2 aliphatic rings. The highest BCUT2D eigenvalue weighted by atomic mass is 32.2. The minimum absolute atomic E-state index is 0.0428. The second-order valence-corrected chi connectivity index (χ2v) is 15.4. The van der Waals surface area contributed by atoms with Crippen LogP contribution in [0, 0.1) is 0 Å². The summed E-state index contributed by atoms with van der Waals surface area (Å²) in [6, 6.07) is 4.83. The van der Waals surface area contributed by atoms with E-state index in [1.54, 1.807) is 30.5 Å². The van der Waals surface area contributed by atoms with Crippen molar-refractivity contribution >= 4 is 41.5 Å². The molecule has 5 rings (SSSR count).